The van der Waals surface area contributed by atoms with Crippen LogP contribution >= 0.6 is 0 Å². The number of hydrogen-bond acceptors (Lipinski definition) is 3. The lowest BCUT2D eigenvalue weighted by Crippen LogP contribution is -2.17. The van der Waals surface area contributed by atoms with Crippen molar-refractivity contribution in [2.75, 3.05) is 7.11 Å². The van der Waals surface area contributed by atoms with Gasteiger partial charge in [-0.25, -0.2) is 13.8 Å². The summed E-state index contributed by atoms with van der Waals surface area (Å²) in [5, 5.41) is 9.47. The fraction of sp³-hybridized carbons (Fsp3) is 0.450. The van der Waals surface area contributed by atoms with E-state index in [-0.39, 0.29) is 34.9 Å². The summed E-state index contributed by atoms with van der Waals surface area (Å²) in [6, 6.07) is 4.51. The molecule has 3 rings (SSSR count). The van der Waals surface area contributed by atoms with Crippen LogP contribution in [0.1, 0.15) is 50.2 Å². The number of aliphatic hydroxyl groups is 1. The van der Waals surface area contributed by atoms with Gasteiger partial charge in [-0.2, -0.15) is 0 Å². The number of aromatic nitrogens is 1. The van der Waals surface area contributed by atoms with Gasteiger partial charge >= 0.3 is 0 Å². The number of benzene rings is 1. The van der Waals surface area contributed by atoms with Gasteiger partial charge in [0.2, 0.25) is 5.88 Å². The van der Waals surface area contributed by atoms with E-state index in [2.05, 4.69) is 18.8 Å². The van der Waals surface area contributed by atoms with Crippen LogP contribution in [0.5, 0.6) is 5.88 Å². The van der Waals surface area contributed by atoms with E-state index in [0.717, 1.165) is 31.0 Å². The Morgan fingerprint density at radius 3 is 2.56 bits per heavy atom. The van der Waals surface area contributed by atoms with Gasteiger partial charge in [-0.05, 0) is 47.4 Å². The first kappa shape index (κ1) is 17.8. The third-order valence-electron chi connectivity index (χ3n) is 5.35. The second-order valence-electron chi connectivity index (χ2n) is 7.33. The third kappa shape index (κ3) is 3.25. The Morgan fingerprint density at radius 2 is 1.96 bits per heavy atom. The van der Waals surface area contributed by atoms with Crippen LogP contribution in [-0.4, -0.2) is 17.2 Å². The molecule has 1 N–H and O–H groups in total. The summed E-state index contributed by atoms with van der Waals surface area (Å²) < 4.78 is 34.0. The maximum absolute atomic E-state index is 14.5. The molecule has 1 saturated carbocycles. The van der Waals surface area contributed by atoms with Crippen molar-refractivity contribution >= 4 is 0 Å². The van der Waals surface area contributed by atoms with Gasteiger partial charge in [-0.3, -0.25) is 0 Å². The zero-order valence-corrected chi connectivity index (χ0v) is 14.8. The van der Waals surface area contributed by atoms with E-state index < -0.39 is 11.6 Å². The van der Waals surface area contributed by atoms with Gasteiger partial charge in [0.25, 0.3) is 0 Å². The Balaban J connectivity index is 2.24. The lowest BCUT2D eigenvalue weighted by Gasteiger charge is -2.30. The molecule has 1 aliphatic rings. The predicted octanol–water partition coefficient (Wildman–Crippen LogP) is 4.82. The Labute approximate surface area is 146 Å². The fourth-order valence-corrected chi connectivity index (χ4v) is 3.92. The van der Waals surface area contributed by atoms with Crippen molar-refractivity contribution in [3.05, 3.63) is 47.2 Å². The van der Waals surface area contributed by atoms with Gasteiger partial charge in [0.15, 0.2) is 0 Å². The topological polar surface area (TPSA) is 42.4 Å². The van der Waals surface area contributed by atoms with Crippen LogP contribution in [-0.2, 0) is 6.61 Å². The molecule has 0 spiro atoms. The summed E-state index contributed by atoms with van der Waals surface area (Å²) in [5.74, 6) is -0.604. The van der Waals surface area contributed by atoms with Gasteiger partial charge in [0.1, 0.15) is 11.6 Å². The molecule has 25 heavy (non-hydrogen) atoms. The van der Waals surface area contributed by atoms with Crippen molar-refractivity contribution in [1.29, 1.82) is 0 Å². The molecular formula is C20H23F2NO2. The minimum atomic E-state index is -0.535. The Bertz CT molecular complexity index is 790. The monoisotopic (exact) mass is 347 g/mol. The highest BCUT2D eigenvalue weighted by Crippen LogP contribution is 2.51. The molecule has 1 fully saturated rings. The second-order valence-corrected chi connectivity index (χ2v) is 7.33. The van der Waals surface area contributed by atoms with E-state index in [1.54, 1.807) is 6.07 Å². The van der Waals surface area contributed by atoms with Crippen molar-refractivity contribution in [1.82, 2.24) is 4.98 Å². The first-order valence-corrected chi connectivity index (χ1v) is 8.50. The largest absolute Gasteiger partial charge is 0.481 e. The number of rotatable bonds is 4. The third-order valence-corrected chi connectivity index (χ3v) is 5.35. The zero-order chi connectivity index (χ0) is 18.2. The molecule has 3 nitrogen and oxygen atoms in total. The van der Waals surface area contributed by atoms with Crippen LogP contribution in [0.25, 0.3) is 11.1 Å². The average molecular weight is 347 g/mol. The Morgan fingerprint density at radius 1 is 1.20 bits per heavy atom. The maximum atomic E-state index is 14.5. The van der Waals surface area contributed by atoms with Crippen molar-refractivity contribution in [3.8, 4) is 17.0 Å². The SMILES string of the molecule is COc1cc(-c2cc(F)c(CO)cc2[C@@H]2CCCC2(C)C)c(F)cn1. The molecule has 1 atom stereocenters. The molecule has 1 heterocycles. The lowest BCUT2D eigenvalue weighted by molar-refractivity contribution is 0.275. The molecule has 0 unspecified atom stereocenters. The van der Waals surface area contributed by atoms with Crippen molar-refractivity contribution < 1.29 is 18.6 Å². The number of methoxy groups -OCH3 is 1. The maximum Gasteiger partial charge on any atom is 0.213 e. The highest BCUT2D eigenvalue weighted by Gasteiger charge is 2.37. The summed E-state index contributed by atoms with van der Waals surface area (Å²) in [6.07, 6.45) is 4.19. The molecule has 5 heteroatoms. The molecule has 1 aromatic carbocycles. The van der Waals surface area contributed by atoms with E-state index in [1.807, 2.05) is 0 Å². The van der Waals surface area contributed by atoms with Gasteiger partial charge in [-0.15, -0.1) is 0 Å². The molecule has 1 aromatic heterocycles. The summed E-state index contributed by atoms with van der Waals surface area (Å²) >= 11 is 0. The van der Waals surface area contributed by atoms with E-state index >= 15 is 0 Å². The predicted molar refractivity (Wildman–Crippen MR) is 92.4 cm³/mol. The number of aliphatic hydroxyl groups excluding tert-OH is 1. The summed E-state index contributed by atoms with van der Waals surface area (Å²) in [5.41, 5.74) is 1.93. The quantitative estimate of drug-likeness (QED) is 0.862. The highest BCUT2D eigenvalue weighted by molar-refractivity contribution is 5.70. The number of pyridine rings is 1. The Kier molecular flexibility index (Phi) is 4.78. The molecule has 1 aliphatic carbocycles. The van der Waals surface area contributed by atoms with Crippen molar-refractivity contribution in [2.45, 2.75) is 45.6 Å². The van der Waals surface area contributed by atoms with Crippen LogP contribution in [0.2, 0.25) is 0 Å². The number of halogens is 2. The summed E-state index contributed by atoms with van der Waals surface area (Å²) in [6.45, 7) is 3.98. The smallest absolute Gasteiger partial charge is 0.213 e. The minimum Gasteiger partial charge on any atom is -0.481 e. The fourth-order valence-electron chi connectivity index (χ4n) is 3.92. The molecular weight excluding hydrogens is 324 g/mol. The molecule has 2 aromatic rings. The van der Waals surface area contributed by atoms with E-state index in [0.29, 0.717) is 5.56 Å². The first-order valence-electron chi connectivity index (χ1n) is 8.50. The van der Waals surface area contributed by atoms with Crippen LogP contribution in [0.15, 0.2) is 24.4 Å². The zero-order valence-electron chi connectivity index (χ0n) is 14.8. The van der Waals surface area contributed by atoms with Gasteiger partial charge < -0.3 is 9.84 Å². The van der Waals surface area contributed by atoms with Crippen LogP contribution in [0.3, 0.4) is 0 Å². The summed E-state index contributed by atoms with van der Waals surface area (Å²) in [4.78, 5) is 3.86. The molecule has 0 bridgehead atoms. The van der Waals surface area contributed by atoms with Gasteiger partial charge in [-0.1, -0.05) is 20.3 Å². The van der Waals surface area contributed by atoms with E-state index in [4.69, 9.17) is 4.74 Å². The molecule has 134 valence electrons. The first-order chi connectivity index (χ1) is 11.9. The highest BCUT2D eigenvalue weighted by atomic mass is 19.1. The van der Waals surface area contributed by atoms with Crippen molar-refractivity contribution in [3.63, 3.8) is 0 Å². The van der Waals surface area contributed by atoms with E-state index in [1.165, 1.54) is 19.2 Å². The number of hydrogen-bond donors (Lipinski definition) is 1. The molecule has 0 radical (unpaired) electrons. The minimum absolute atomic E-state index is 0.0346. The standard InChI is InChI=1S/C20H23F2NO2/c1-20(2)6-4-5-16(20)14-7-12(11-24)17(21)8-13(14)15-9-19(25-3)23-10-18(15)22/h7-10,16,24H,4-6,11H2,1-3H3/t16-/m0/s1. The number of nitrogens with zero attached hydrogens (tertiary/aromatic N) is 1. The van der Waals surface area contributed by atoms with Crippen LogP contribution < -0.4 is 4.74 Å². The van der Waals surface area contributed by atoms with E-state index in [9.17, 15) is 13.9 Å². The second kappa shape index (κ2) is 6.71. The summed E-state index contributed by atoms with van der Waals surface area (Å²) in [7, 11) is 1.46. The van der Waals surface area contributed by atoms with Gasteiger partial charge in [0.05, 0.1) is 19.9 Å². The number of ether oxygens (including phenoxy) is 1. The van der Waals surface area contributed by atoms with Gasteiger partial charge in [0, 0.05) is 17.2 Å². The molecule has 0 saturated heterocycles. The molecule has 0 aliphatic heterocycles. The normalized spacial score (nSPS) is 19.2. The van der Waals surface area contributed by atoms with Crippen molar-refractivity contribution in [2.24, 2.45) is 5.41 Å². The average Bonchev–Trinajstić information content (AvgIpc) is 2.94. The van der Waals surface area contributed by atoms with Crippen LogP contribution in [0, 0.1) is 17.0 Å². The Hall–Kier alpha value is -2.01. The molecule has 0 amide bonds. The van der Waals surface area contributed by atoms with Crippen LogP contribution in [0.4, 0.5) is 8.78 Å². The lowest BCUT2D eigenvalue weighted by atomic mass is 9.75.